The fourth-order valence-electron chi connectivity index (χ4n) is 2.08. The zero-order valence-electron chi connectivity index (χ0n) is 9.28. The van der Waals surface area contributed by atoms with Crippen molar-refractivity contribution in [1.29, 1.82) is 5.26 Å². The average molecular weight is 198 g/mol. The van der Waals surface area contributed by atoms with E-state index in [1.54, 1.807) is 0 Å². The van der Waals surface area contributed by atoms with E-state index in [1.165, 1.54) is 0 Å². The summed E-state index contributed by atoms with van der Waals surface area (Å²) in [5.41, 5.74) is 2.84. The minimum atomic E-state index is -0.493. The van der Waals surface area contributed by atoms with Crippen molar-refractivity contribution < 1.29 is 0 Å². The Kier molecular flexibility index (Phi) is 2.04. The fraction of sp³-hybridized carbons (Fsp3) is 0.308. The van der Waals surface area contributed by atoms with Gasteiger partial charge in [0.1, 0.15) is 5.41 Å². The summed E-state index contributed by atoms with van der Waals surface area (Å²) in [5, 5.41) is 9.29. The molecule has 2 heteroatoms. The third kappa shape index (κ3) is 1.32. The molecule has 1 aromatic carbocycles. The second-order valence-electron chi connectivity index (χ2n) is 4.18. The van der Waals surface area contributed by atoms with Gasteiger partial charge in [-0.05, 0) is 31.6 Å². The molecule has 0 N–H and O–H groups in total. The van der Waals surface area contributed by atoms with Crippen LogP contribution < -0.4 is 4.90 Å². The van der Waals surface area contributed by atoms with Crippen molar-refractivity contribution in [1.82, 2.24) is 0 Å². The maximum absolute atomic E-state index is 9.29. The zero-order chi connectivity index (χ0) is 11.1. The fourth-order valence-corrected chi connectivity index (χ4v) is 2.08. The van der Waals surface area contributed by atoms with Crippen molar-refractivity contribution in [3.05, 3.63) is 41.6 Å². The van der Waals surface area contributed by atoms with Crippen molar-refractivity contribution in [2.24, 2.45) is 0 Å². The molecule has 2 nitrogen and oxygen atoms in total. The van der Waals surface area contributed by atoms with E-state index < -0.39 is 5.41 Å². The van der Waals surface area contributed by atoms with Gasteiger partial charge in [-0.1, -0.05) is 18.2 Å². The van der Waals surface area contributed by atoms with Crippen molar-refractivity contribution in [2.75, 3.05) is 11.9 Å². The average Bonchev–Trinajstić information content (AvgIpc) is 2.26. The predicted octanol–water partition coefficient (Wildman–Crippen LogP) is 2.82. The maximum atomic E-state index is 9.29. The van der Waals surface area contributed by atoms with Gasteiger partial charge in [-0.2, -0.15) is 5.26 Å². The molecule has 0 bridgehead atoms. The molecule has 1 unspecified atom stereocenters. The quantitative estimate of drug-likeness (QED) is 0.641. The summed E-state index contributed by atoms with van der Waals surface area (Å²) in [5.74, 6) is 0. The van der Waals surface area contributed by atoms with Crippen LogP contribution >= 0.6 is 0 Å². The molecule has 0 spiro atoms. The third-order valence-electron chi connectivity index (χ3n) is 3.08. The first-order valence-corrected chi connectivity index (χ1v) is 5.02. The smallest absolute Gasteiger partial charge is 0.101 e. The highest BCUT2D eigenvalue weighted by molar-refractivity contribution is 5.66. The number of hydrogen-bond donors (Lipinski definition) is 0. The summed E-state index contributed by atoms with van der Waals surface area (Å²) in [7, 11) is 2.03. The topological polar surface area (TPSA) is 27.0 Å². The Balaban J connectivity index is 2.70. The van der Waals surface area contributed by atoms with Crippen LogP contribution in [0.2, 0.25) is 0 Å². The maximum Gasteiger partial charge on any atom is 0.101 e. The predicted molar refractivity (Wildman–Crippen MR) is 61.6 cm³/mol. The highest BCUT2D eigenvalue weighted by atomic mass is 15.1. The van der Waals surface area contributed by atoms with Crippen LogP contribution in [0, 0.1) is 11.3 Å². The highest BCUT2D eigenvalue weighted by Gasteiger charge is 2.32. The highest BCUT2D eigenvalue weighted by Crippen LogP contribution is 2.38. The number of nitrogens with zero attached hydrogens (tertiary/aromatic N) is 2. The molecular weight excluding hydrogens is 184 g/mol. The SMILES string of the molecule is CC1=CC(C)(C#N)c2ccccc2N1C. The van der Waals surface area contributed by atoms with E-state index in [1.807, 2.05) is 45.2 Å². The van der Waals surface area contributed by atoms with Gasteiger partial charge in [-0.25, -0.2) is 0 Å². The van der Waals surface area contributed by atoms with Crippen LogP contribution in [0.5, 0.6) is 0 Å². The molecule has 1 aliphatic heterocycles. The van der Waals surface area contributed by atoms with Crippen molar-refractivity contribution >= 4 is 5.69 Å². The second-order valence-corrected chi connectivity index (χ2v) is 4.18. The van der Waals surface area contributed by atoms with Gasteiger partial charge in [0.05, 0.1) is 6.07 Å². The molecular formula is C13H14N2. The van der Waals surface area contributed by atoms with Crippen molar-refractivity contribution in [3.63, 3.8) is 0 Å². The molecule has 76 valence electrons. The minimum absolute atomic E-state index is 0.493. The molecule has 0 aliphatic carbocycles. The molecule has 2 rings (SSSR count). The van der Waals surface area contributed by atoms with E-state index in [2.05, 4.69) is 17.0 Å². The summed E-state index contributed by atoms with van der Waals surface area (Å²) in [6.45, 7) is 3.99. The molecule has 0 saturated carbocycles. The van der Waals surface area contributed by atoms with Crippen LogP contribution in [0.3, 0.4) is 0 Å². The lowest BCUT2D eigenvalue weighted by Gasteiger charge is -2.34. The molecule has 0 aromatic heterocycles. The lowest BCUT2D eigenvalue weighted by molar-refractivity contribution is 0.738. The van der Waals surface area contributed by atoms with Gasteiger partial charge in [0, 0.05) is 18.4 Å². The molecule has 1 atom stereocenters. The summed E-state index contributed by atoms with van der Waals surface area (Å²) in [4.78, 5) is 2.12. The van der Waals surface area contributed by atoms with Gasteiger partial charge < -0.3 is 4.90 Å². The largest absolute Gasteiger partial charge is 0.348 e. The van der Waals surface area contributed by atoms with Crippen LogP contribution in [0.4, 0.5) is 5.69 Å². The zero-order valence-corrected chi connectivity index (χ0v) is 9.28. The first-order chi connectivity index (χ1) is 7.08. The molecule has 0 radical (unpaired) electrons. The van der Waals surface area contributed by atoms with Crippen molar-refractivity contribution in [2.45, 2.75) is 19.3 Å². The third-order valence-corrected chi connectivity index (χ3v) is 3.08. The second kappa shape index (κ2) is 3.13. The Morgan fingerprint density at radius 3 is 2.67 bits per heavy atom. The Morgan fingerprint density at radius 1 is 1.33 bits per heavy atom. The molecule has 15 heavy (non-hydrogen) atoms. The molecule has 0 amide bonds. The first kappa shape index (κ1) is 9.79. The number of nitriles is 1. The molecule has 1 heterocycles. The molecule has 0 saturated heterocycles. The number of benzene rings is 1. The van der Waals surface area contributed by atoms with Gasteiger partial charge in [-0.15, -0.1) is 0 Å². The van der Waals surface area contributed by atoms with Crippen molar-refractivity contribution in [3.8, 4) is 6.07 Å². The van der Waals surface area contributed by atoms with E-state index >= 15 is 0 Å². The van der Waals surface area contributed by atoms with Crippen LogP contribution in [-0.2, 0) is 5.41 Å². The van der Waals surface area contributed by atoms with E-state index in [4.69, 9.17) is 0 Å². The monoisotopic (exact) mass is 198 g/mol. The van der Waals surface area contributed by atoms with Crippen LogP contribution in [0.15, 0.2) is 36.0 Å². The van der Waals surface area contributed by atoms with E-state index in [9.17, 15) is 5.26 Å². The Morgan fingerprint density at radius 2 is 2.00 bits per heavy atom. The molecule has 1 aliphatic rings. The summed E-state index contributed by atoms with van der Waals surface area (Å²) < 4.78 is 0. The van der Waals surface area contributed by atoms with Gasteiger partial charge in [0.2, 0.25) is 0 Å². The van der Waals surface area contributed by atoms with Crippen LogP contribution in [-0.4, -0.2) is 7.05 Å². The van der Waals surface area contributed by atoms with E-state index in [0.717, 1.165) is 16.9 Å². The van der Waals surface area contributed by atoms with Crippen LogP contribution in [0.25, 0.3) is 0 Å². The lowest BCUT2D eigenvalue weighted by atomic mass is 9.79. The van der Waals surface area contributed by atoms with Gasteiger partial charge in [0.25, 0.3) is 0 Å². The first-order valence-electron chi connectivity index (χ1n) is 5.02. The summed E-state index contributed by atoms with van der Waals surface area (Å²) in [6, 6.07) is 10.5. The number of fused-ring (bicyclic) bond motifs is 1. The number of anilines is 1. The number of rotatable bonds is 0. The number of allylic oxidation sites excluding steroid dienone is 2. The summed E-state index contributed by atoms with van der Waals surface area (Å²) >= 11 is 0. The number of para-hydroxylation sites is 1. The standard InChI is InChI=1S/C13H14N2/c1-10-8-13(2,9-14)11-6-4-5-7-12(11)15(10)3/h4-8H,1-3H3. The van der Waals surface area contributed by atoms with Gasteiger partial charge in [0.15, 0.2) is 0 Å². The van der Waals surface area contributed by atoms with Crippen LogP contribution in [0.1, 0.15) is 19.4 Å². The Bertz CT molecular complexity index is 468. The Hall–Kier alpha value is -1.75. The summed E-state index contributed by atoms with van der Waals surface area (Å²) in [6.07, 6.45) is 2.02. The normalized spacial score (nSPS) is 24.1. The molecule has 0 fully saturated rings. The number of hydrogen-bond acceptors (Lipinski definition) is 2. The van der Waals surface area contributed by atoms with E-state index in [-0.39, 0.29) is 0 Å². The van der Waals surface area contributed by atoms with Gasteiger partial charge in [-0.3, -0.25) is 0 Å². The minimum Gasteiger partial charge on any atom is -0.348 e. The Labute approximate surface area is 90.4 Å². The molecule has 1 aromatic rings. The lowest BCUT2D eigenvalue weighted by Crippen LogP contribution is -2.29. The van der Waals surface area contributed by atoms with E-state index in [0.29, 0.717) is 0 Å². The van der Waals surface area contributed by atoms with Gasteiger partial charge >= 0.3 is 0 Å².